The first-order valence-electron chi connectivity index (χ1n) is 7.59. The van der Waals surface area contributed by atoms with Crippen LogP contribution in [0.25, 0.3) is 0 Å². The van der Waals surface area contributed by atoms with Gasteiger partial charge in [-0.25, -0.2) is 0 Å². The van der Waals surface area contributed by atoms with Crippen LogP contribution in [0.2, 0.25) is 5.02 Å². The zero-order valence-electron chi connectivity index (χ0n) is 12.6. The van der Waals surface area contributed by atoms with E-state index in [9.17, 15) is 4.79 Å². The van der Waals surface area contributed by atoms with E-state index in [1.54, 1.807) is 12.4 Å². The lowest BCUT2D eigenvalue weighted by Gasteiger charge is -2.32. The van der Waals surface area contributed by atoms with Crippen molar-refractivity contribution in [2.24, 2.45) is 0 Å². The molecule has 4 nitrogen and oxygen atoms in total. The molecule has 1 aromatic heterocycles. The molecule has 0 bridgehead atoms. The Hall–Kier alpha value is -1.43. The van der Waals surface area contributed by atoms with Crippen LogP contribution >= 0.6 is 27.5 Å². The molecule has 1 saturated heterocycles. The molecule has 1 N–H and O–H groups in total. The summed E-state index contributed by atoms with van der Waals surface area (Å²) < 4.78 is 0.827. The number of quaternary nitrogens is 1. The molecule has 2 aromatic rings. The number of carbonyl (C=O) groups is 1. The molecule has 1 amide bonds. The lowest BCUT2D eigenvalue weighted by molar-refractivity contribution is -0.917. The smallest absolute Gasteiger partial charge is 0.255 e. The molecule has 1 fully saturated rings. The van der Waals surface area contributed by atoms with Crippen molar-refractivity contribution in [3.05, 3.63) is 63.3 Å². The Bertz CT molecular complexity index is 702. The number of nitrogens with zero attached hydrogens (tertiary/aromatic N) is 2. The highest BCUT2D eigenvalue weighted by atomic mass is 79.9. The van der Waals surface area contributed by atoms with Gasteiger partial charge in [-0.2, -0.15) is 0 Å². The summed E-state index contributed by atoms with van der Waals surface area (Å²) in [5, 5.41) is 0.776. The Morgan fingerprint density at radius 1 is 1.26 bits per heavy atom. The molecule has 0 unspecified atom stereocenters. The van der Waals surface area contributed by atoms with Gasteiger partial charge < -0.3 is 9.80 Å². The molecule has 0 spiro atoms. The minimum atomic E-state index is 0.0561. The van der Waals surface area contributed by atoms with Crippen molar-refractivity contribution < 1.29 is 9.69 Å². The van der Waals surface area contributed by atoms with Crippen LogP contribution < -0.4 is 4.90 Å². The summed E-state index contributed by atoms with van der Waals surface area (Å²) in [6.45, 7) is 4.36. The number of amides is 1. The van der Waals surface area contributed by atoms with Crippen LogP contribution in [0.1, 0.15) is 15.9 Å². The fourth-order valence-corrected chi connectivity index (χ4v) is 3.43. The molecule has 3 rings (SSSR count). The normalized spacial score (nSPS) is 15.7. The van der Waals surface area contributed by atoms with E-state index in [0.717, 1.165) is 42.2 Å². The van der Waals surface area contributed by atoms with Crippen LogP contribution in [0.15, 0.2) is 47.2 Å². The molecule has 1 aliphatic rings. The highest BCUT2D eigenvalue weighted by molar-refractivity contribution is 9.10. The van der Waals surface area contributed by atoms with Crippen LogP contribution in [0.4, 0.5) is 0 Å². The van der Waals surface area contributed by atoms with Gasteiger partial charge in [0.25, 0.3) is 5.91 Å². The number of nitrogens with one attached hydrogen (secondary N) is 1. The van der Waals surface area contributed by atoms with E-state index in [1.807, 2.05) is 29.2 Å². The number of carbonyl (C=O) groups excluding carboxylic acids is 1. The summed E-state index contributed by atoms with van der Waals surface area (Å²) in [4.78, 5) is 20.0. The molecule has 0 aliphatic carbocycles. The average Bonchev–Trinajstić information content (AvgIpc) is 2.55. The maximum Gasteiger partial charge on any atom is 0.255 e. The van der Waals surface area contributed by atoms with E-state index < -0.39 is 0 Å². The highest BCUT2D eigenvalue weighted by Gasteiger charge is 2.24. The molecular formula is C17H18BrClN3O+. The Morgan fingerprint density at radius 2 is 2.04 bits per heavy atom. The lowest BCUT2D eigenvalue weighted by Crippen LogP contribution is -3.13. The van der Waals surface area contributed by atoms with Crippen LogP contribution in [0.5, 0.6) is 0 Å². The number of hydrogen-bond acceptors (Lipinski definition) is 2. The van der Waals surface area contributed by atoms with Crippen molar-refractivity contribution in [3.63, 3.8) is 0 Å². The second-order valence-electron chi connectivity index (χ2n) is 5.74. The summed E-state index contributed by atoms with van der Waals surface area (Å²) in [6.07, 6.45) is 3.31. The van der Waals surface area contributed by atoms with E-state index in [1.165, 1.54) is 10.5 Å². The molecule has 120 valence electrons. The Morgan fingerprint density at radius 3 is 2.74 bits per heavy atom. The average molecular weight is 396 g/mol. The van der Waals surface area contributed by atoms with Crippen molar-refractivity contribution in [2.45, 2.75) is 6.54 Å². The first kappa shape index (κ1) is 16.4. The number of piperazine rings is 1. The molecule has 2 heterocycles. The van der Waals surface area contributed by atoms with Gasteiger partial charge >= 0.3 is 0 Å². The number of benzene rings is 1. The molecule has 1 aliphatic heterocycles. The molecule has 1 aromatic carbocycles. The minimum absolute atomic E-state index is 0.0561. The van der Waals surface area contributed by atoms with Crippen LogP contribution in [0, 0.1) is 0 Å². The fraction of sp³-hybridized carbons (Fsp3) is 0.294. The summed E-state index contributed by atoms with van der Waals surface area (Å²) in [7, 11) is 0. The predicted octanol–water partition coefficient (Wildman–Crippen LogP) is 2.04. The first-order valence-corrected chi connectivity index (χ1v) is 8.77. The maximum atomic E-state index is 12.5. The van der Waals surface area contributed by atoms with E-state index in [4.69, 9.17) is 11.6 Å². The first-order chi connectivity index (χ1) is 11.1. The van der Waals surface area contributed by atoms with Crippen LogP contribution in [-0.4, -0.2) is 42.0 Å². The monoisotopic (exact) mass is 394 g/mol. The number of rotatable bonds is 3. The summed E-state index contributed by atoms with van der Waals surface area (Å²) in [6, 6.07) is 9.81. The van der Waals surface area contributed by atoms with Crippen molar-refractivity contribution >= 4 is 33.4 Å². The Kier molecular flexibility index (Phi) is 5.30. The molecule has 0 radical (unpaired) electrons. The summed E-state index contributed by atoms with van der Waals surface area (Å²) in [5.74, 6) is 0.0561. The predicted molar refractivity (Wildman–Crippen MR) is 93.7 cm³/mol. The zero-order valence-corrected chi connectivity index (χ0v) is 15.0. The van der Waals surface area contributed by atoms with E-state index in [0.29, 0.717) is 5.56 Å². The Balaban J connectivity index is 1.57. The van der Waals surface area contributed by atoms with Crippen LogP contribution in [0.3, 0.4) is 0 Å². The van der Waals surface area contributed by atoms with Gasteiger partial charge in [0.1, 0.15) is 6.54 Å². The molecule has 0 atom stereocenters. The molecular weight excluding hydrogens is 378 g/mol. The summed E-state index contributed by atoms with van der Waals surface area (Å²) in [5.41, 5.74) is 1.88. The van der Waals surface area contributed by atoms with Gasteiger partial charge in [-0.15, -0.1) is 0 Å². The van der Waals surface area contributed by atoms with Crippen molar-refractivity contribution in [1.82, 2.24) is 9.88 Å². The molecule has 6 heteroatoms. The second kappa shape index (κ2) is 7.43. The zero-order chi connectivity index (χ0) is 16.2. The number of aromatic nitrogens is 1. The second-order valence-corrected chi connectivity index (χ2v) is 7.09. The largest absolute Gasteiger partial charge is 0.328 e. The SMILES string of the molecule is O=C(c1cncc(Br)c1)N1CC[NH+](Cc2cccc(Cl)c2)CC1. The van der Waals surface area contributed by atoms with Gasteiger partial charge in [-0.05, 0) is 34.1 Å². The van der Waals surface area contributed by atoms with E-state index >= 15 is 0 Å². The number of hydrogen-bond donors (Lipinski definition) is 1. The third-order valence-corrected chi connectivity index (χ3v) is 4.72. The maximum absolute atomic E-state index is 12.5. The topological polar surface area (TPSA) is 37.6 Å². The fourth-order valence-electron chi connectivity index (χ4n) is 2.85. The molecule has 23 heavy (non-hydrogen) atoms. The third-order valence-electron chi connectivity index (χ3n) is 4.05. The van der Waals surface area contributed by atoms with Crippen molar-refractivity contribution in [1.29, 1.82) is 0 Å². The van der Waals surface area contributed by atoms with Crippen molar-refractivity contribution in [2.75, 3.05) is 26.2 Å². The standard InChI is InChI=1S/C17H17BrClN3O/c18-15-9-14(10-20-11-15)17(23)22-6-4-21(5-7-22)12-13-2-1-3-16(19)8-13/h1-3,8-11H,4-7,12H2/p+1. The van der Waals surface area contributed by atoms with Gasteiger partial charge in [-0.3, -0.25) is 9.78 Å². The van der Waals surface area contributed by atoms with Crippen LogP contribution in [-0.2, 0) is 6.54 Å². The highest BCUT2D eigenvalue weighted by Crippen LogP contribution is 2.12. The molecule has 0 saturated carbocycles. The van der Waals surface area contributed by atoms with E-state index in [-0.39, 0.29) is 5.91 Å². The third kappa shape index (κ3) is 4.31. The van der Waals surface area contributed by atoms with E-state index in [2.05, 4.69) is 27.0 Å². The summed E-state index contributed by atoms with van der Waals surface area (Å²) >= 11 is 9.39. The van der Waals surface area contributed by atoms with Gasteiger partial charge in [-0.1, -0.05) is 23.7 Å². The number of pyridine rings is 1. The van der Waals surface area contributed by atoms with Gasteiger partial charge in [0.05, 0.1) is 31.7 Å². The van der Waals surface area contributed by atoms with Gasteiger partial charge in [0, 0.05) is 27.5 Å². The minimum Gasteiger partial charge on any atom is -0.328 e. The van der Waals surface area contributed by atoms with Gasteiger partial charge in [0.15, 0.2) is 0 Å². The quantitative estimate of drug-likeness (QED) is 0.863. The van der Waals surface area contributed by atoms with Gasteiger partial charge in [0.2, 0.25) is 0 Å². The Labute approximate surface area is 149 Å². The van der Waals surface area contributed by atoms with Crippen molar-refractivity contribution in [3.8, 4) is 0 Å². The lowest BCUT2D eigenvalue weighted by atomic mass is 10.2. The number of halogens is 2.